The third-order valence-corrected chi connectivity index (χ3v) is 6.02. The van der Waals surface area contributed by atoms with Crippen molar-refractivity contribution in [3.8, 4) is 0 Å². The van der Waals surface area contributed by atoms with E-state index in [2.05, 4.69) is 66.2 Å². The summed E-state index contributed by atoms with van der Waals surface area (Å²) in [6, 6.07) is 12.7. The number of carbonyl (C=O) groups is 1. The van der Waals surface area contributed by atoms with Crippen molar-refractivity contribution < 1.29 is 4.79 Å². The smallest absolute Gasteiger partial charge is 0.227 e. The van der Waals surface area contributed by atoms with Crippen molar-refractivity contribution in [1.29, 1.82) is 0 Å². The molecule has 1 aromatic carbocycles. The molecule has 0 radical (unpaired) electrons. The van der Waals surface area contributed by atoms with E-state index >= 15 is 0 Å². The summed E-state index contributed by atoms with van der Waals surface area (Å²) in [6.07, 6.45) is 1.60. The average Bonchev–Trinajstić information content (AvgIpc) is 3.38. The number of likely N-dealkylation sites (N-methyl/N-ethyl adjacent to an activating group) is 1. The van der Waals surface area contributed by atoms with Gasteiger partial charge < -0.3 is 20.4 Å². The number of rotatable bonds is 8. The van der Waals surface area contributed by atoms with Crippen LogP contribution < -0.4 is 15.5 Å². The third-order valence-electron chi connectivity index (χ3n) is 5.04. The Labute approximate surface area is 177 Å². The molecule has 1 amide bonds. The Morgan fingerprint density at radius 3 is 2.62 bits per heavy atom. The molecular formula is C22H31N5OS. The molecule has 156 valence electrons. The number of carbonyl (C=O) groups excluding carboxylic acids is 1. The lowest BCUT2D eigenvalue weighted by molar-refractivity contribution is -0.117. The maximum Gasteiger partial charge on any atom is 0.227 e. The first-order chi connectivity index (χ1) is 14.1. The summed E-state index contributed by atoms with van der Waals surface area (Å²) in [7, 11) is 4.20. The number of thiophene rings is 1. The number of hydrogen-bond donors (Lipinski definition) is 2. The Morgan fingerprint density at radius 1 is 1.24 bits per heavy atom. The highest BCUT2D eigenvalue weighted by atomic mass is 32.1. The maximum atomic E-state index is 11.9. The van der Waals surface area contributed by atoms with Crippen LogP contribution in [-0.2, 0) is 11.3 Å². The van der Waals surface area contributed by atoms with Gasteiger partial charge in [0, 0.05) is 36.6 Å². The van der Waals surface area contributed by atoms with E-state index in [9.17, 15) is 4.79 Å². The van der Waals surface area contributed by atoms with E-state index in [0.717, 1.165) is 43.3 Å². The molecule has 3 rings (SSSR count). The minimum absolute atomic E-state index is 0.218. The van der Waals surface area contributed by atoms with E-state index in [1.54, 1.807) is 11.3 Å². The standard InChI is InChI=1S/C22H31N5OS/c1-4-23-22(25-16-19(26(2)3)20-7-6-14-29-20)24-15-17-9-11-18(12-10-17)27-13-5-8-21(27)28/h6-7,9-12,14,19H,4-5,8,13,15-16H2,1-3H3,(H2,23,24,25). The van der Waals surface area contributed by atoms with Gasteiger partial charge in [-0.05, 0) is 56.6 Å². The van der Waals surface area contributed by atoms with Crippen LogP contribution >= 0.6 is 11.3 Å². The molecule has 6 nitrogen and oxygen atoms in total. The van der Waals surface area contributed by atoms with Crippen molar-refractivity contribution in [2.75, 3.05) is 38.6 Å². The quantitative estimate of drug-likeness (QED) is 0.515. The second-order valence-corrected chi connectivity index (χ2v) is 8.37. The van der Waals surface area contributed by atoms with E-state index in [1.807, 2.05) is 17.0 Å². The first-order valence-electron chi connectivity index (χ1n) is 10.2. The molecular weight excluding hydrogens is 382 g/mol. The van der Waals surface area contributed by atoms with Gasteiger partial charge in [0.15, 0.2) is 5.96 Å². The molecule has 0 aliphatic carbocycles. The number of aliphatic imine (C=N–C) groups is 1. The monoisotopic (exact) mass is 413 g/mol. The van der Waals surface area contributed by atoms with Gasteiger partial charge in [0.1, 0.15) is 0 Å². The van der Waals surface area contributed by atoms with E-state index in [-0.39, 0.29) is 5.91 Å². The molecule has 2 heterocycles. The van der Waals surface area contributed by atoms with Crippen molar-refractivity contribution in [1.82, 2.24) is 15.5 Å². The highest BCUT2D eigenvalue weighted by Gasteiger charge is 2.21. The molecule has 1 unspecified atom stereocenters. The fraction of sp³-hybridized carbons (Fsp3) is 0.455. The highest BCUT2D eigenvalue weighted by Crippen LogP contribution is 2.23. The number of nitrogens with one attached hydrogen (secondary N) is 2. The van der Waals surface area contributed by atoms with Crippen molar-refractivity contribution >= 4 is 28.9 Å². The lowest BCUT2D eigenvalue weighted by atomic mass is 10.2. The molecule has 1 aliphatic heterocycles. The average molecular weight is 414 g/mol. The Kier molecular flexibility index (Phi) is 7.66. The fourth-order valence-electron chi connectivity index (χ4n) is 3.43. The molecule has 2 N–H and O–H groups in total. The summed E-state index contributed by atoms with van der Waals surface area (Å²) in [5.74, 6) is 1.03. The number of guanidine groups is 1. The van der Waals surface area contributed by atoms with Gasteiger partial charge in [-0.15, -0.1) is 11.3 Å². The molecule has 0 spiro atoms. The zero-order valence-corrected chi connectivity index (χ0v) is 18.3. The predicted molar refractivity (Wildman–Crippen MR) is 122 cm³/mol. The van der Waals surface area contributed by atoms with E-state index in [1.165, 1.54) is 4.88 Å². The Bertz CT molecular complexity index is 801. The van der Waals surface area contributed by atoms with Crippen LogP contribution in [0.3, 0.4) is 0 Å². The zero-order chi connectivity index (χ0) is 20.6. The molecule has 1 saturated heterocycles. The molecule has 1 aromatic heterocycles. The highest BCUT2D eigenvalue weighted by molar-refractivity contribution is 7.10. The van der Waals surface area contributed by atoms with Crippen molar-refractivity contribution in [2.24, 2.45) is 4.99 Å². The van der Waals surface area contributed by atoms with Crippen LogP contribution in [0.2, 0.25) is 0 Å². The van der Waals surface area contributed by atoms with Gasteiger partial charge in [-0.1, -0.05) is 18.2 Å². The summed E-state index contributed by atoms with van der Waals surface area (Å²) in [4.78, 5) is 22.1. The summed E-state index contributed by atoms with van der Waals surface area (Å²) < 4.78 is 0. The van der Waals surface area contributed by atoms with Gasteiger partial charge in [-0.25, -0.2) is 4.99 Å². The van der Waals surface area contributed by atoms with Crippen molar-refractivity contribution in [2.45, 2.75) is 32.4 Å². The lowest BCUT2D eigenvalue weighted by Crippen LogP contribution is -2.41. The second-order valence-electron chi connectivity index (χ2n) is 7.39. The SMILES string of the molecule is CCNC(=NCc1ccc(N2CCCC2=O)cc1)NCC(c1cccs1)N(C)C. The maximum absolute atomic E-state index is 11.9. The molecule has 0 saturated carbocycles. The molecule has 1 atom stereocenters. The Balaban J connectivity index is 1.60. The van der Waals surface area contributed by atoms with Crippen LogP contribution in [0.25, 0.3) is 0 Å². The second kappa shape index (κ2) is 10.4. The van der Waals surface area contributed by atoms with Crippen LogP contribution in [0.4, 0.5) is 5.69 Å². The van der Waals surface area contributed by atoms with Gasteiger partial charge in [-0.3, -0.25) is 4.79 Å². The molecule has 2 aromatic rings. The van der Waals surface area contributed by atoms with Gasteiger partial charge in [0.05, 0.1) is 12.6 Å². The summed E-state index contributed by atoms with van der Waals surface area (Å²) in [5.41, 5.74) is 2.11. The van der Waals surface area contributed by atoms with Crippen LogP contribution in [0.5, 0.6) is 0 Å². The summed E-state index contributed by atoms with van der Waals surface area (Å²) in [6.45, 7) is 5.09. The Hall–Kier alpha value is -2.38. The lowest BCUT2D eigenvalue weighted by Gasteiger charge is -2.24. The molecule has 0 bridgehead atoms. The van der Waals surface area contributed by atoms with Gasteiger partial charge in [0.25, 0.3) is 0 Å². The normalized spacial score (nSPS) is 15.8. The van der Waals surface area contributed by atoms with E-state index < -0.39 is 0 Å². The first kappa shape index (κ1) is 21.3. The van der Waals surface area contributed by atoms with Gasteiger partial charge in [0.2, 0.25) is 5.91 Å². The summed E-state index contributed by atoms with van der Waals surface area (Å²) in [5, 5.41) is 8.91. The Morgan fingerprint density at radius 2 is 2.03 bits per heavy atom. The third kappa shape index (κ3) is 5.81. The van der Waals surface area contributed by atoms with E-state index in [0.29, 0.717) is 19.0 Å². The predicted octanol–water partition coefficient (Wildman–Crippen LogP) is 3.23. The van der Waals surface area contributed by atoms with Crippen molar-refractivity contribution in [3.63, 3.8) is 0 Å². The van der Waals surface area contributed by atoms with Gasteiger partial charge >= 0.3 is 0 Å². The minimum Gasteiger partial charge on any atom is -0.357 e. The topological polar surface area (TPSA) is 60.0 Å². The molecule has 1 fully saturated rings. The number of anilines is 1. The molecule has 29 heavy (non-hydrogen) atoms. The number of nitrogens with zero attached hydrogens (tertiary/aromatic N) is 3. The van der Waals surface area contributed by atoms with Crippen molar-refractivity contribution in [3.05, 3.63) is 52.2 Å². The van der Waals surface area contributed by atoms with Gasteiger partial charge in [-0.2, -0.15) is 0 Å². The van der Waals surface area contributed by atoms with Crippen LogP contribution in [-0.4, -0.2) is 50.5 Å². The number of benzene rings is 1. The zero-order valence-electron chi connectivity index (χ0n) is 17.5. The van der Waals surface area contributed by atoms with Crippen LogP contribution in [0.15, 0.2) is 46.8 Å². The number of amides is 1. The molecule has 1 aliphatic rings. The van der Waals surface area contributed by atoms with E-state index in [4.69, 9.17) is 4.99 Å². The van der Waals surface area contributed by atoms with Crippen LogP contribution in [0, 0.1) is 0 Å². The first-order valence-corrected chi connectivity index (χ1v) is 11.1. The molecule has 7 heteroatoms. The number of hydrogen-bond acceptors (Lipinski definition) is 4. The fourth-order valence-corrected chi connectivity index (χ4v) is 4.35. The largest absolute Gasteiger partial charge is 0.357 e. The minimum atomic E-state index is 0.218. The summed E-state index contributed by atoms with van der Waals surface area (Å²) >= 11 is 1.78. The van der Waals surface area contributed by atoms with Crippen LogP contribution in [0.1, 0.15) is 36.2 Å².